The minimum absolute atomic E-state index is 0.174. The van der Waals surface area contributed by atoms with E-state index >= 15 is 0 Å². The predicted octanol–water partition coefficient (Wildman–Crippen LogP) is 6.22. The second-order valence-corrected chi connectivity index (χ2v) is 9.71. The van der Waals surface area contributed by atoms with Gasteiger partial charge in [-0.05, 0) is 81.2 Å². The van der Waals surface area contributed by atoms with E-state index in [2.05, 4.69) is 6.92 Å². The van der Waals surface area contributed by atoms with Gasteiger partial charge in [-0.2, -0.15) is 11.8 Å². The fourth-order valence-electron chi connectivity index (χ4n) is 3.74. The van der Waals surface area contributed by atoms with Crippen LogP contribution in [-0.2, 0) is 9.59 Å². The zero-order valence-electron chi connectivity index (χ0n) is 19.6. The van der Waals surface area contributed by atoms with E-state index in [4.69, 9.17) is 14.2 Å². The first-order valence-electron chi connectivity index (χ1n) is 11.9. The van der Waals surface area contributed by atoms with Gasteiger partial charge in [0.05, 0.1) is 18.4 Å². The Morgan fingerprint density at radius 1 is 0.788 bits per heavy atom. The highest BCUT2D eigenvalue weighted by atomic mass is 32.2. The number of thioether (sulfide) groups is 1. The first-order valence-corrected chi connectivity index (χ1v) is 13.0. The molecular formula is C27H34O5S. The number of hydrogen-bond acceptors (Lipinski definition) is 6. The molecule has 1 saturated carbocycles. The fraction of sp³-hybridized carbons (Fsp3) is 0.481. The average molecular weight is 471 g/mol. The fourth-order valence-corrected chi connectivity index (χ4v) is 4.64. The topological polar surface area (TPSA) is 61.8 Å². The Balaban J connectivity index is 1.37. The second-order valence-electron chi connectivity index (χ2n) is 8.49. The third kappa shape index (κ3) is 8.43. The maximum atomic E-state index is 12.6. The van der Waals surface area contributed by atoms with Gasteiger partial charge in [0.1, 0.15) is 17.2 Å². The summed E-state index contributed by atoms with van der Waals surface area (Å²) in [5.41, 5.74) is 1.12. The van der Waals surface area contributed by atoms with Crippen molar-refractivity contribution in [1.29, 1.82) is 0 Å². The molecule has 0 spiro atoms. The van der Waals surface area contributed by atoms with E-state index in [0.29, 0.717) is 43.8 Å². The molecule has 0 bridgehead atoms. The lowest BCUT2D eigenvalue weighted by Gasteiger charge is -2.25. The van der Waals surface area contributed by atoms with E-state index in [1.807, 2.05) is 43.0 Å². The number of benzene rings is 2. The predicted molar refractivity (Wildman–Crippen MR) is 132 cm³/mol. The summed E-state index contributed by atoms with van der Waals surface area (Å²) in [6.07, 6.45) is 4.98. The number of unbranched alkanes of at least 4 members (excludes halogenated alkanes) is 1. The average Bonchev–Trinajstić information content (AvgIpc) is 2.84. The molecule has 1 fully saturated rings. The Bertz CT molecular complexity index is 870. The van der Waals surface area contributed by atoms with Crippen molar-refractivity contribution < 1.29 is 23.8 Å². The van der Waals surface area contributed by atoms with E-state index in [0.717, 1.165) is 17.1 Å². The zero-order valence-corrected chi connectivity index (χ0v) is 20.4. The van der Waals surface area contributed by atoms with Crippen molar-refractivity contribution in [3.8, 4) is 17.2 Å². The number of ether oxygens (including phenoxy) is 3. The summed E-state index contributed by atoms with van der Waals surface area (Å²) in [6.45, 7) is 4.85. The van der Waals surface area contributed by atoms with Crippen molar-refractivity contribution in [3.63, 3.8) is 0 Å². The molecule has 0 saturated heterocycles. The third-order valence-corrected chi connectivity index (χ3v) is 6.85. The molecule has 0 radical (unpaired) electrons. The van der Waals surface area contributed by atoms with Crippen molar-refractivity contribution in [2.24, 2.45) is 11.8 Å². The minimum Gasteiger partial charge on any atom is -0.493 e. The molecule has 6 heteroatoms. The summed E-state index contributed by atoms with van der Waals surface area (Å²) in [7, 11) is 0. The number of hydrogen-bond donors (Lipinski definition) is 0. The lowest BCUT2D eigenvalue weighted by molar-refractivity contribution is -0.145. The van der Waals surface area contributed by atoms with Gasteiger partial charge in [0.25, 0.3) is 0 Å². The van der Waals surface area contributed by atoms with E-state index in [9.17, 15) is 9.59 Å². The Morgan fingerprint density at radius 3 is 1.79 bits per heavy atom. The van der Waals surface area contributed by atoms with Gasteiger partial charge in [0.15, 0.2) is 0 Å². The Kier molecular flexibility index (Phi) is 10.1. The van der Waals surface area contributed by atoms with Gasteiger partial charge in [-0.1, -0.05) is 31.0 Å². The first-order chi connectivity index (χ1) is 16.0. The Hall–Kier alpha value is -2.47. The van der Waals surface area contributed by atoms with Crippen LogP contribution in [0.4, 0.5) is 0 Å². The molecule has 1 aliphatic carbocycles. The number of carbonyl (C=O) groups excluding carboxylic acids is 2. The molecule has 3 rings (SSSR count). The highest BCUT2D eigenvalue weighted by molar-refractivity contribution is 7.99. The molecule has 2 aromatic rings. The molecule has 1 aliphatic rings. The van der Waals surface area contributed by atoms with Crippen LogP contribution in [0.25, 0.3) is 0 Å². The normalized spacial score (nSPS) is 17.9. The smallest absolute Gasteiger partial charge is 0.314 e. The van der Waals surface area contributed by atoms with E-state index in [-0.39, 0.29) is 23.8 Å². The van der Waals surface area contributed by atoms with Gasteiger partial charge in [0.2, 0.25) is 0 Å². The van der Waals surface area contributed by atoms with Gasteiger partial charge >= 0.3 is 11.9 Å². The maximum absolute atomic E-state index is 12.6. The van der Waals surface area contributed by atoms with Crippen molar-refractivity contribution in [3.05, 3.63) is 54.1 Å². The quantitative estimate of drug-likeness (QED) is 0.221. The van der Waals surface area contributed by atoms with E-state index in [1.54, 1.807) is 24.3 Å². The molecule has 2 aromatic carbocycles. The molecule has 0 heterocycles. The summed E-state index contributed by atoms with van der Waals surface area (Å²) in [6, 6.07) is 14.6. The van der Waals surface area contributed by atoms with Crippen LogP contribution in [0.3, 0.4) is 0 Å². The molecule has 0 atom stereocenters. The summed E-state index contributed by atoms with van der Waals surface area (Å²) in [5, 5.41) is 0. The first kappa shape index (κ1) is 25.2. The molecule has 0 amide bonds. The Morgan fingerprint density at radius 2 is 1.27 bits per heavy atom. The molecule has 178 valence electrons. The highest BCUT2D eigenvalue weighted by Crippen LogP contribution is 2.31. The zero-order chi connectivity index (χ0) is 23.5. The second kappa shape index (κ2) is 13.3. The largest absolute Gasteiger partial charge is 0.493 e. The van der Waals surface area contributed by atoms with Crippen LogP contribution in [0.1, 0.15) is 51.0 Å². The summed E-state index contributed by atoms with van der Waals surface area (Å²) in [4.78, 5) is 25.0. The number of carbonyl (C=O) groups is 2. The van der Waals surface area contributed by atoms with E-state index in [1.165, 1.54) is 18.6 Å². The molecule has 33 heavy (non-hydrogen) atoms. The number of rotatable bonds is 11. The molecule has 0 aromatic heterocycles. The van der Waals surface area contributed by atoms with Crippen LogP contribution >= 0.6 is 11.8 Å². The lowest BCUT2D eigenvalue weighted by Crippen LogP contribution is -2.30. The van der Waals surface area contributed by atoms with Crippen molar-refractivity contribution >= 4 is 23.7 Å². The summed E-state index contributed by atoms with van der Waals surface area (Å²) < 4.78 is 16.8. The lowest BCUT2D eigenvalue weighted by atomic mass is 9.82. The highest BCUT2D eigenvalue weighted by Gasteiger charge is 2.32. The van der Waals surface area contributed by atoms with Crippen LogP contribution < -0.4 is 14.2 Å². The van der Waals surface area contributed by atoms with Gasteiger partial charge in [-0.3, -0.25) is 9.59 Å². The molecular weight excluding hydrogens is 436 g/mol. The van der Waals surface area contributed by atoms with Gasteiger partial charge in [0, 0.05) is 5.75 Å². The van der Waals surface area contributed by atoms with Gasteiger partial charge in [-0.25, -0.2) is 0 Å². The molecule has 0 aliphatic heterocycles. The summed E-state index contributed by atoms with van der Waals surface area (Å²) >= 11 is 1.90. The SMILES string of the molecule is CCCCSCCOc1ccc(OC(=O)C2CCC(C(=O)Oc3ccc(C)cc3)CC2)cc1. The van der Waals surface area contributed by atoms with E-state index < -0.39 is 0 Å². The number of aryl methyl sites for hydroxylation is 1. The van der Waals surface area contributed by atoms with Crippen molar-refractivity contribution in [1.82, 2.24) is 0 Å². The monoisotopic (exact) mass is 470 g/mol. The maximum Gasteiger partial charge on any atom is 0.314 e. The van der Waals surface area contributed by atoms with Crippen LogP contribution in [-0.4, -0.2) is 30.1 Å². The van der Waals surface area contributed by atoms with Crippen LogP contribution in [0.15, 0.2) is 48.5 Å². The van der Waals surface area contributed by atoms with Gasteiger partial charge in [-0.15, -0.1) is 0 Å². The summed E-state index contributed by atoms with van der Waals surface area (Å²) in [5.74, 6) is 3.18. The Labute approximate surface area is 201 Å². The van der Waals surface area contributed by atoms with Crippen LogP contribution in [0.2, 0.25) is 0 Å². The van der Waals surface area contributed by atoms with Crippen LogP contribution in [0.5, 0.6) is 17.2 Å². The number of esters is 2. The third-order valence-electron chi connectivity index (χ3n) is 5.81. The molecule has 0 N–H and O–H groups in total. The van der Waals surface area contributed by atoms with Crippen LogP contribution in [0, 0.1) is 18.8 Å². The molecule has 5 nitrogen and oxygen atoms in total. The standard InChI is InChI=1S/C27H34O5S/c1-3-4-18-33-19-17-30-23-13-15-25(16-14-23)32-27(29)22-9-7-21(8-10-22)26(28)31-24-11-5-20(2)6-12-24/h5-6,11-16,21-22H,3-4,7-10,17-19H2,1-2H3. The van der Waals surface area contributed by atoms with Crippen molar-refractivity contribution in [2.45, 2.75) is 52.4 Å². The minimum atomic E-state index is -0.235. The molecule has 0 unspecified atom stereocenters. The van der Waals surface area contributed by atoms with Crippen molar-refractivity contribution in [2.75, 3.05) is 18.1 Å². The van der Waals surface area contributed by atoms with Gasteiger partial charge < -0.3 is 14.2 Å².